The van der Waals surface area contributed by atoms with Crippen molar-refractivity contribution in [2.75, 3.05) is 0 Å². The van der Waals surface area contributed by atoms with Gasteiger partial charge in [0, 0.05) is 23.6 Å². The van der Waals surface area contributed by atoms with Crippen LogP contribution in [0, 0.1) is 0 Å². The fourth-order valence-electron chi connectivity index (χ4n) is 2.73. The lowest BCUT2D eigenvalue weighted by atomic mass is 10.2. The summed E-state index contributed by atoms with van der Waals surface area (Å²) in [5.74, 6) is -0.0198. The van der Waals surface area contributed by atoms with Gasteiger partial charge in [0.1, 0.15) is 5.65 Å². The Morgan fingerprint density at radius 2 is 2.04 bits per heavy atom. The number of rotatable bonds is 4. The van der Waals surface area contributed by atoms with Gasteiger partial charge in [-0.2, -0.15) is 0 Å². The average Bonchev–Trinajstić information content (AvgIpc) is 3.15. The molecule has 0 atom stereocenters. The molecular weight excluding hydrogens is 288 g/mol. The van der Waals surface area contributed by atoms with Crippen molar-refractivity contribution in [1.29, 1.82) is 0 Å². The quantitative estimate of drug-likeness (QED) is 0.609. The Bertz CT molecular complexity index is 917. The van der Waals surface area contributed by atoms with Crippen molar-refractivity contribution in [2.45, 2.75) is 13.0 Å². The third-order valence-electron chi connectivity index (χ3n) is 3.82. The molecule has 0 aliphatic rings. The number of nitrogens with one attached hydrogen (secondary N) is 2. The van der Waals surface area contributed by atoms with E-state index < -0.39 is 0 Å². The third kappa shape index (κ3) is 2.81. The fourth-order valence-corrected chi connectivity index (χ4v) is 2.73. The van der Waals surface area contributed by atoms with Gasteiger partial charge in [0.05, 0.1) is 18.7 Å². The van der Waals surface area contributed by atoms with E-state index in [0.29, 0.717) is 13.0 Å². The van der Waals surface area contributed by atoms with Gasteiger partial charge < -0.3 is 14.7 Å². The van der Waals surface area contributed by atoms with Crippen LogP contribution in [0.4, 0.5) is 0 Å². The van der Waals surface area contributed by atoms with Gasteiger partial charge in [0.2, 0.25) is 5.91 Å². The minimum absolute atomic E-state index is 0.0198. The van der Waals surface area contributed by atoms with Crippen LogP contribution < -0.4 is 5.32 Å². The van der Waals surface area contributed by atoms with Crippen molar-refractivity contribution in [3.63, 3.8) is 0 Å². The fraction of sp³-hybridized carbons (Fsp3) is 0.111. The van der Waals surface area contributed by atoms with Crippen molar-refractivity contribution < 1.29 is 4.79 Å². The second kappa shape index (κ2) is 5.61. The SMILES string of the molecule is O=C(Cc1cc2ccccc2[nH]1)NCc1cn2ccccc2n1. The van der Waals surface area contributed by atoms with Crippen molar-refractivity contribution in [2.24, 2.45) is 0 Å². The number of carbonyl (C=O) groups is 1. The zero-order valence-corrected chi connectivity index (χ0v) is 12.5. The first kappa shape index (κ1) is 13.6. The van der Waals surface area contributed by atoms with Gasteiger partial charge in [0.15, 0.2) is 0 Å². The molecule has 0 unspecified atom stereocenters. The van der Waals surface area contributed by atoms with E-state index in [1.165, 1.54) is 0 Å². The molecule has 1 aromatic carbocycles. The summed E-state index contributed by atoms with van der Waals surface area (Å²) in [6.45, 7) is 0.431. The van der Waals surface area contributed by atoms with Crippen LogP contribution in [-0.4, -0.2) is 20.3 Å². The molecular formula is C18H16N4O. The summed E-state index contributed by atoms with van der Waals surface area (Å²) in [6, 6.07) is 15.9. The third-order valence-corrected chi connectivity index (χ3v) is 3.82. The van der Waals surface area contributed by atoms with Gasteiger partial charge in [0.25, 0.3) is 0 Å². The molecule has 5 nitrogen and oxygen atoms in total. The number of amides is 1. The highest BCUT2D eigenvalue weighted by Crippen LogP contribution is 2.14. The maximum absolute atomic E-state index is 12.1. The molecule has 5 heteroatoms. The Morgan fingerprint density at radius 1 is 1.17 bits per heavy atom. The summed E-state index contributed by atoms with van der Waals surface area (Å²) >= 11 is 0. The van der Waals surface area contributed by atoms with Crippen LogP contribution in [0.2, 0.25) is 0 Å². The van der Waals surface area contributed by atoms with Gasteiger partial charge in [-0.1, -0.05) is 24.3 Å². The lowest BCUT2D eigenvalue weighted by molar-refractivity contribution is -0.120. The van der Waals surface area contributed by atoms with Gasteiger partial charge in [-0.25, -0.2) is 4.98 Å². The second-order valence-electron chi connectivity index (χ2n) is 5.53. The van der Waals surface area contributed by atoms with Crippen molar-refractivity contribution in [1.82, 2.24) is 19.7 Å². The number of carbonyl (C=O) groups excluding carboxylic acids is 1. The zero-order valence-electron chi connectivity index (χ0n) is 12.5. The first-order valence-corrected chi connectivity index (χ1v) is 7.54. The van der Waals surface area contributed by atoms with Gasteiger partial charge in [-0.3, -0.25) is 4.79 Å². The molecule has 0 bridgehead atoms. The summed E-state index contributed by atoms with van der Waals surface area (Å²) in [5, 5.41) is 4.04. The smallest absolute Gasteiger partial charge is 0.226 e. The molecule has 0 aliphatic carbocycles. The number of aromatic amines is 1. The first-order valence-electron chi connectivity index (χ1n) is 7.54. The predicted molar refractivity (Wildman–Crippen MR) is 89.0 cm³/mol. The molecule has 0 saturated carbocycles. The van der Waals surface area contributed by atoms with Gasteiger partial charge in [-0.05, 0) is 29.7 Å². The Hall–Kier alpha value is -3.08. The van der Waals surface area contributed by atoms with E-state index in [1.807, 2.05) is 65.3 Å². The number of H-pyrrole nitrogens is 1. The first-order chi connectivity index (χ1) is 11.3. The summed E-state index contributed by atoms with van der Waals surface area (Å²) in [6.07, 6.45) is 4.21. The van der Waals surface area contributed by atoms with Crippen LogP contribution >= 0.6 is 0 Å². The number of fused-ring (bicyclic) bond motifs is 2. The van der Waals surface area contributed by atoms with E-state index in [1.54, 1.807) is 0 Å². The van der Waals surface area contributed by atoms with E-state index in [-0.39, 0.29) is 5.91 Å². The van der Waals surface area contributed by atoms with Crippen molar-refractivity contribution >= 4 is 22.5 Å². The molecule has 0 radical (unpaired) electrons. The standard InChI is InChI=1S/C18H16N4O/c23-18(10-14-9-13-5-1-2-6-16(13)20-14)19-11-15-12-22-8-4-3-7-17(22)21-15/h1-9,12,20H,10-11H2,(H,19,23). The molecule has 4 rings (SSSR count). The van der Waals surface area contributed by atoms with E-state index in [0.717, 1.165) is 27.9 Å². The van der Waals surface area contributed by atoms with E-state index in [9.17, 15) is 4.79 Å². The monoisotopic (exact) mass is 304 g/mol. The van der Waals surface area contributed by atoms with Crippen molar-refractivity contribution in [3.8, 4) is 0 Å². The van der Waals surface area contributed by atoms with Crippen LogP contribution in [0.3, 0.4) is 0 Å². The predicted octanol–water partition coefficient (Wildman–Crippen LogP) is 2.67. The van der Waals surface area contributed by atoms with E-state index >= 15 is 0 Å². The van der Waals surface area contributed by atoms with Crippen LogP contribution in [0.5, 0.6) is 0 Å². The highest BCUT2D eigenvalue weighted by Gasteiger charge is 2.07. The topological polar surface area (TPSA) is 62.2 Å². The minimum Gasteiger partial charge on any atom is -0.358 e. The second-order valence-corrected chi connectivity index (χ2v) is 5.53. The molecule has 23 heavy (non-hydrogen) atoms. The number of hydrogen-bond acceptors (Lipinski definition) is 2. The summed E-state index contributed by atoms with van der Waals surface area (Å²) in [4.78, 5) is 19.8. The van der Waals surface area contributed by atoms with Gasteiger partial charge in [-0.15, -0.1) is 0 Å². The van der Waals surface area contributed by atoms with Crippen LogP contribution in [-0.2, 0) is 17.8 Å². The molecule has 0 saturated heterocycles. The Balaban J connectivity index is 1.41. The van der Waals surface area contributed by atoms with Crippen molar-refractivity contribution in [3.05, 3.63) is 72.3 Å². The van der Waals surface area contributed by atoms with Crippen LogP contribution in [0.1, 0.15) is 11.4 Å². The normalized spacial score (nSPS) is 11.1. The number of benzene rings is 1. The molecule has 0 fully saturated rings. The molecule has 0 spiro atoms. The Labute approximate surface area is 133 Å². The highest BCUT2D eigenvalue weighted by atomic mass is 16.1. The molecule has 4 aromatic rings. The number of hydrogen-bond donors (Lipinski definition) is 2. The summed E-state index contributed by atoms with van der Waals surface area (Å²) in [7, 11) is 0. The lowest BCUT2D eigenvalue weighted by Crippen LogP contribution is -2.24. The van der Waals surface area contributed by atoms with Crippen LogP contribution in [0.15, 0.2) is 60.9 Å². The number of aromatic nitrogens is 3. The zero-order chi connectivity index (χ0) is 15.6. The van der Waals surface area contributed by atoms with E-state index in [4.69, 9.17) is 0 Å². The number of para-hydroxylation sites is 1. The van der Waals surface area contributed by atoms with Crippen LogP contribution in [0.25, 0.3) is 16.6 Å². The van der Waals surface area contributed by atoms with E-state index in [2.05, 4.69) is 15.3 Å². The molecule has 3 heterocycles. The summed E-state index contributed by atoms with van der Waals surface area (Å²) < 4.78 is 1.94. The number of nitrogens with zero attached hydrogens (tertiary/aromatic N) is 2. The number of imidazole rings is 1. The molecule has 0 aliphatic heterocycles. The summed E-state index contributed by atoms with van der Waals surface area (Å²) in [5.41, 5.74) is 3.70. The molecule has 3 aromatic heterocycles. The number of pyridine rings is 1. The molecule has 2 N–H and O–H groups in total. The molecule has 114 valence electrons. The maximum atomic E-state index is 12.1. The lowest BCUT2D eigenvalue weighted by Gasteiger charge is -2.01. The minimum atomic E-state index is -0.0198. The molecule has 1 amide bonds. The maximum Gasteiger partial charge on any atom is 0.226 e. The Morgan fingerprint density at radius 3 is 2.91 bits per heavy atom. The largest absolute Gasteiger partial charge is 0.358 e. The Kier molecular flexibility index (Phi) is 3.31. The van der Waals surface area contributed by atoms with Gasteiger partial charge >= 0.3 is 0 Å². The highest BCUT2D eigenvalue weighted by molar-refractivity contribution is 5.84. The average molecular weight is 304 g/mol.